The Morgan fingerprint density at radius 2 is 2.06 bits per heavy atom. The molecule has 0 unspecified atom stereocenters. The van der Waals surface area contributed by atoms with E-state index in [0.29, 0.717) is 12.6 Å². The SMILES string of the molecule is CCC(CC)N(CCO)c1ncccc1[C@H](C)N. The van der Waals surface area contributed by atoms with E-state index in [-0.39, 0.29) is 12.6 Å². The Kier molecular flexibility index (Phi) is 6.09. The number of nitrogens with zero attached hydrogens (tertiary/aromatic N) is 2. The zero-order valence-corrected chi connectivity index (χ0v) is 11.6. The molecule has 0 aromatic carbocycles. The zero-order valence-electron chi connectivity index (χ0n) is 11.6. The zero-order chi connectivity index (χ0) is 13.5. The van der Waals surface area contributed by atoms with Crippen molar-refractivity contribution in [2.45, 2.75) is 45.7 Å². The first-order chi connectivity index (χ1) is 8.65. The molecule has 0 saturated carbocycles. The van der Waals surface area contributed by atoms with Gasteiger partial charge in [-0.1, -0.05) is 19.9 Å². The smallest absolute Gasteiger partial charge is 0.133 e. The lowest BCUT2D eigenvalue weighted by Gasteiger charge is -2.33. The van der Waals surface area contributed by atoms with Gasteiger partial charge in [-0.2, -0.15) is 0 Å². The van der Waals surface area contributed by atoms with E-state index < -0.39 is 0 Å². The van der Waals surface area contributed by atoms with Crippen LogP contribution in [0.3, 0.4) is 0 Å². The minimum Gasteiger partial charge on any atom is -0.395 e. The van der Waals surface area contributed by atoms with E-state index >= 15 is 0 Å². The number of aliphatic hydroxyl groups excluding tert-OH is 1. The van der Waals surface area contributed by atoms with Gasteiger partial charge in [0.1, 0.15) is 5.82 Å². The molecule has 0 aliphatic heterocycles. The Morgan fingerprint density at radius 3 is 2.56 bits per heavy atom. The van der Waals surface area contributed by atoms with Gasteiger partial charge >= 0.3 is 0 Å². The van der Waals surface area contributed by atoms with Crippen LogP contribution in [0.15, 0.2) is 18.3 Å². The molecule has 18 heavy (non-hydrogen) atoms. The van der Waals surface area contributed by atoms with E-state index in [4.69, 9.17) is 5.73 Å². The Balaban J connectivity index is 3.12. The lowest BCUT2D eigenvalue weighted by molar-refractivity contribution is 0.295. The number of anilines is 1. The highest BCUT2D eigenvalue weighted by atomic mass is 16.3. The second-order valence-electron chi connectivity index (χ2n) is 4.59. The molecule has 1 heterocycles. The van der Waals surface area contributed by atoms with Crippen LogP contribution in [0.2, 0.25) is 0 Å². The molecule has 0 aliphatic carbocycles. The van der Waals surface area contributed by atoms with Gasteiger partial charge in [0.25, 0.3) is 0 Å². The topological polar surface area (TPSA) is 62.4 Å². The van der Waals surface area contributed by atoms with E-state index in [1.54, 1.807) is 6.20 Å². The van der Waals surface area contributed by atoms with Crippen LogP contribution in [0.5, 0.6) is 0 Å². The van der Waals surface area contributed by atoms with Gasteiger partial charge < -0.3 is 15.7 Å². The highest BCUT2D eigenvalue weighted by Gasteiger charge is 2.20. The first kappa shape index (κ1) is 14.9. The summed E-state index contributed by atoms with van der Waals surface area (Å²) >= 11 is 0. The number of hydrogen-bond donors (Lipinski definition) is 2. The normalized spacial score (nSPS) is 12.8. The van der Waals surface area contributed by atoms with Crippen LogP contribution in [0.25, 0.3) is 0 Å². The van der Waals surface area contributed by atoms with E-state index in [9.17, 15) is 5.11 Å². The first-order valence-electron chi connectivity index (χ1n) is 6.73. The van der Waals surface area contributed by atoms with Gasteiger partial charge in [0.2, 0.25) is 0 Å². The maximum atomic E-state index is 9.27. The summed E-state index contributed by atoms with van der Waals surface area (Å²) in [5.74, 6) is 0.912. The Bertz CT molecular complexity index is 351. The fraction of sp³-hybridized carbons (Fsp3) is 0.643. The van der Waals surface area contributed by atoms with Gasteiger partial charge in [-0.3, -0.25) is 0 Å². The van der Waals surface area contributed by atoms with Gasteiger partial charge in [-0.25, -0.2) is 4.98 Å². The molecule has 1 aromatic rings. The summed E-state index contributed by atoms with van der Waals surface area (Å²) in [6.45, 7) is 7.01. The van der Waals surface area contributed by atoms with Crippen molar-refractivity contribution in [3.05, 3.63) is 23.9 Å². The molecule has 0 bridgehead atoms. The number of hydrogen-bond acceptors (Lipinski definition) is 4. The molecule has 102 valence electrons. The minimum atomic E-state index is -0.0516. The number of pyridine rings is 1. The molecule has 1 aromatic heterocycles. The predicted octanol–water partition coefficient (Wildman–Crippen LogP) is 2.09. The largest absolute Gasteiger partial charge is 0.395 e. The van der Waals surface area contributed by atoms with Gasteiger partial charge in [0, 0.05) is 30.4 Å². The standard InChI is InChI=1S/C14H25N3O/c1-4-12(5-2)17(9-10-18)14-13(11(3)15)7-6-8-16-14/h6-8,11-12,18H,4-5,9-10,15H2,1-3H3/t11-/m0/s1. The van der Waals surface area contributed by atoms with Gasteiger partial charge in [-0.05, 0) is 25.8 Å². The fourth-order valence-corrected chi connectivity index (χ4v) is 2.30. The molecule has 1 atom stereocenters. The lowest BCUT2D eigenvalue weighted by Crippen LogP contribution is -2.38. The Morgan fingerprint density at radius 1 is 1.39 bits per heavy atom. The van der Waals surface area contributed by atoms with Crippen LogP contribution in [0.4, 0.5) is 5.82 Å². The summed E-state index contributed by atoms with van der Waals surface area (Å²) in [4.78, 5) is 6.65. The van der Waals surface area contributed by atoms with Crippen LogP contribution in [-0.2, 0) is 0 Å². The monoisotopic (exact) mass is 251 g/mol. The van der Waals surface area contributed by atoms with Crippen molar-refractivity contribution in [1.29, 1.82) is 0 Å². The summed E-state index contributed by atoms with van der Waals surface area (Å²) < 4.78 is 0. The summed E-state index contributed by atoms with van der Waals surface area (Å²) in [5.41, 5.74) is 7.04. The fourth-order valence-electron chi connectivity index (χ4n) is 2.30. The number of nitrogens with two attached hydrogens (primary N) is 1. The van der Waals surface area contributed by atoms with Crippen molar-refractivity contribution in [3.63, 3.8) is 0 Å². The molecule has 0 saturated heterocycles. The molecule has 0 spiro atoms. The highest BCUT2D eigenvalue weighted by Crippen LogP contribution is 2.25. The van der Waals surface area contributed by atoms with Crippen molar-refractivity contribution in [2.75, 3.05) is 18.1 Å². The number of aromatic nitrogens is 1. The van der Waals surface area contributed by atoms with Crippen LogP contribution < -0.4 is 10.6 Å². The third kappa shape index (κ3) is 3.43. The van der Waals surface area contributed by atoms with Crippen molar-refractivity contribution in [3.8, 4) is 0 Å². The first-order valence-corrected chi connectivity index (χ1v) is 6.73. The number of rotatable bonds is 7. The van der Waals surface area contributed by atoms with E-state index in [1.807, 2.05) is 19.1 Å². The molecule has 1 rings (SSSR count). The Hall–Kier alpha value is -1.13. The third-order valence-electron chi connectivity index (χ3n) is 3.30. The molecule has 3 N–H and O–H groups in total. The molecule has 0 radical (unpaired) electrons. The van der Waals surface area contributed by atoms with Crippen LogP contribution in [0.1, 0.15) is 45.2 Å². The maximum Gasteiger partial charge on any atom is 0.133 e. The van der Waals surface area contributed by atoms with Crippen LogP contribution in [-0.4, -0.2) is 29.3 Å². The van der Waals surface area contributed by atoms with E-state index in [0.717, 1.165) is 24.2 Å². The van der Waals surface area contributed by atoms with Crippen LogP contribution >= 0.6 is 0 Å². The quantitative estimate of drug-likeness (QED) is 0.779. The average molecular weight is 251 g/mol. The molecule has 0 aliphatic rings. The van der Waals surface area contributed by atoms with Crippen molar-refractivity contribution in [2.24, 2.45) is 5.73 Å². The minimum absolute atomic E-state index is 0.0516. The number of aliphatic hydroxyl groups is 1. The third-order valence-corrected chi connectivity index (χ3v) is 3.30. The van der Waals surface area contributed by atoms with Gasteiger partial charge in [-0.15, -0.1) is 0 Å². The molecule has 0 fully saturated rings. The van der Waals surface area contributed by atoms with Gasteiger partial charge in [0.05, 0.1) is 6.61 Å². The summed E-state index contributed by atoms with van der Waals surface area (Å²) in [6.07, 6.45) is 3.85. The molecular weight excluding hydrogens is 226 g/mol. The van der Waals surface area contributed by atoms with E-state index in [2.05, 4.69) is 23.7 Å². The summed E-state index contributed by atoms with van der Waals surface area (Å²) in [5, 5.41) is 9.27. The lowest BCUT2D eigenvalue weighted by atomic mass is 10.1. The summed E-state index contributed by atoms with van der Waals surface area (Å²) in [7, 11) is 0. The molecule has 4 heteroatoms. The molecule has 0 amide bonds. The second-order valence-corrected chi connectivity index (χ2v) is 4.59. The van der Waals surface area contributed by atoms with Crippen molar-refractivity contribution >= 4 is 5.82 Å². The van der Waals surface area contributed by atoms with Gasteiger partial charge in [0.15, 0.2) is 0 Å². The summed E-state index contributed by atoms with van der Waals surface area (Å²) in [6, 6.07) is 4.26. The van der Waals surface area contributed by atoms with E-state index in [1.165, 1.54) is 0 Å². The van der Waals surface area contributed by atoms with Crippen LogP contribution in [0, 0.1) is 0 Å². The van der Waals surface area contributed by atoms with Crippen molar-refractivity contribution in [1.82, 2.24) is 4.98 Å². The highest BCUT2D eigenvalue weighted by molar-refractivity contribution is 5.49. The second kappa shape index (κ2) is 7.34. The maximum absolute atomic E-state index is 9.27. The molecular formula is C14H25N3O. The predicted molar refractivity (Wildman–Crippen MR) is 75.6 cm³/mol. The Labute approximate surface area is 110 Å². The van der Waals surface area contributed by atoms with Crippen molar-refractivity contribution < 1.29 is 5.11 Å². The molecule has 4 nitrogen and oxygen atoms in total. The average Bonchev–Trinajstić information content (AvgIpc) is 2.39.